The molecule has 1 N–H and O–H groups in total. The maximum absolute atomic E-state index is 11.9. The zero-order valence-corrected chi connectivity index (χ0v) is 15.5. The summed E-state index contributed by atoms with van der Waals surface area (Å²) in [7, 11) is 0. The molecule has 2 aromatic heterocycles. The van der Waals surface area contributed by atoms with Crippen molar-refractivity contribution < 1.29 is 23.9 Å². The van der Waals surface area contributed by atoms with Gasteiger partial charge in [-0.1, -0.05) is 11.3 Å². The molecule has 8 nitrogen and oxygen atoms in total. The predicted molar refractivity (Wildman–Crippen MR) is 92.8 cm³/mol. The number of aliphatic carboxylic acids is 1. The topological polar surface area (TPSA) is 98.6 Å². The van der Waals surface area contributed by atoms with Crippen molar-refractivity contribution in [1.82, 2.24) is 14.8 Å². The van der Waals surface area contributed by atoms with Gasteiger partial charge < -0.3 is 15.2 Å². The minimum absolute atomic E-state index is 0.00555. The van der Waals surface area contributed by atoms with Crippen LogP contribution in [0, 0.1) is 0 Å². The number of carboxylic acid groups (broad SMARTS) is 1. The number of aromatic nitrogens is 2. The summed E-state index contributed by atoms with van der Waals surface area (Å²) < 4.78 is 3.90. The van der Waals surface area contributed by atoms with Gasteiger partial charge in [-0.15, -0.1) is 11.8 Å². The Morgan fingerprint density at radius 3 is 3.08 bits per heavy atom. The number of fused-ring (bicyclic) bond motifs is 2. The molecule has 10 heteroatoms. The summed E-state index contributed by atoms with van der Waals surface area (Å²) in [5.41, 5.74) is 0.635. The number of nitrogens with one attached hydrogen (secondary N) is 1. The number of hydrogen-bond donors (Lipinski definition) is 1. The van der Waals surface area contributed by atoms with E-state index in [0.29, 0.717) is 30.7 Å². The van der Waals surface area contributed by atoms with Gasteiger partial charge >= 0.3 is 0 Å². The molecule has 2 aliphatic heterocycles. The van der Waals surface area contributed by atoms with E-state index >= 15 is 0 Å². The second-order valence-electron chi connectivity index (χ2n) is 6.21. The summed E-state index contributed by atoms with van der Waals surface area (Å²) in [5, 5.41) is 16.3. The third-order valence-electron chi connectivity index (χ3n) is 4.64. The molecule has 0 radical (unpaired) electrons. The number of nitrogens with zero attached hydrogens (tertiary/aromatic N) is 3. The Morgan fingerprint density at radius 1 is 1.58 bits per heavy atom. The van der Waals surface area contributed by atoms with Gasteiger partial charge in [-0.3, -0.25) is 14.5 Å². The van der Waals surface area contributed by atoms with E-state index in [1.807, 2.05) is 33.7 Å². The smallest absolute Gasteiger partial charge is 0.285 e. The highest BCUT2D eigenvalue weighted by Crippen LogP contribution is 2.40. The number of rotatable bonds is 6. The zero-order chi connectivity index (χ0) is 18.4. The third-order valence-corrected chi connectivity index (χ3v) is 6.71. The van der Waals surface area contributed by atoms with Crippen LogP contribution in [-0.2, 0) is 20.9 Å². The van der Waals surface area contributed by atoms with Crippen molar-refractivity contribution in [3.8, 4) is 0 Å². The minimum atomic E-state index is -1.32. The fourth-order valence-corrected chi connectivity index (χ4v) is 5.50. The molecule has 0 aromatic carbocycles. The van der Waals surface area contributed by atoms with Crippen LogP contribution in [0.15, 0.2) is 29.0 Å². The van der Waals surface area contributed by atoms with Crippen LogP contribution in [0.3, 0.4) is 0 Å². The molecule has 136 valence electrons. The van der Waals surface area contributed by atoms with E-state index < -0.39 is 5.97 Å². The van der Waals surface area contributed by atoms with Crippen LogP contribution in [0.4, 0.5) is 0 Å². The molecule has 0 bridgehead atoms. The molecular weight excluding hydrogens is 376 g/mol. The highest BCUT2D eigenvalue weighted by atomic mass is 32.2. The highest BCUT2D eigenvalue weighted by molar-refractivity contribution is 8.00. The first-order valence-electron chi connectivity index (χ1n) is 8.06. The van der Waals surface area contributed by atoms with Gasteiger partial charge in [0.2, 0.25) is 17.1 Å². The number of carbonyl (C=O) groups is 3. The Bertz CT molecular complexity index is 947. The highest BCUT2D eigenvalue weighted by Gasteiger charge is 2.43. The van der Waals surface area contributed by atoms with E-state index in [9.17, 15) is 19.5 Å². The normalized spacial score (nSPS) is 20.7. The number of carbonyl (C=O) groups excluding carboxylic acids is 3. The second kappa shape index (κ2) is 6.44. The Labute approximate surface area is 157 Å². The van der Waals surface area contributed by atoms with Crippen molar-refractivity contribution in [3.63, 3.8) is 0 Å². The molecule has 2 amide bonds. The number of imidazole rings is 1. The lowest BCUT2D eigenvalue weighted by Gasteiger charge is -2.45. The molecule has 1 fully saturated rings. The van der Waals surface area contributed by atoms with Crippen LogP contribution in [-0.4, -0.2) is 38.9 Å². The third kappa shape index (κ3) is 2.60. The van der Waals surface area contributed by atoms with Crippen molar-refractivity contribution in [3.05, 3.63) is 34.9 Å². The maximum atomic E-state index is 11.9. The molecule has 2 aromatic rings. The number of thiazole rings is 1. The standard InChI is InChI=1S/C16H16N4O4S2/c1-9(17-8-21)15-18(6-13-19(15)2-3-25-13)5-10-7-26-12-4-11(22)20(12)14(10)16(23)24/h2-3,6,8-9,12H,4-5,7H2,1H3,(H-,17,21,23,24)/t9-,12-/m0/s1. The van der Waals surface area contributed by atoms with Gasteiger partial charge in [0, 0.05) is 16.7 Å². The molecule has 0 saturated carbocycles. The van der Waals surface area contributed by atoms with Crippen LogP contribution in [0.5, 0.6) is 0 Å². The summed E-state index contributed by atoms with van der Waals surface area (Å²) in [4.78, 5) is 36.8. The van der Waals surface area contributed by atoms with E-state index in [0.717, 1.165) is 10.7 Å². The summed E-state index contributed by atoms with van der Waals surface area (Å²) in [6.07, 6.45) is 4.85. The van der Waals surface area contributed by atoms with Gasteiger partial charge in [0.05, 0.1) is 23.5 Å². The summed E-state index contributed by atoms with van der Waals surface area (Å²) in [5.74, 6) is -0.136. The van der Waals surface area contributed by atoms with Crippen molar-refractivity contribution in [2.24, 2.45) is 0 Å². The van der Waals surface area contributed by atoms with Crippen molar-refractivity contribution in [2.75, 3.05) is 5.75 Å². The van der Waals surface area contributed by atoms with Crippen LogP contribution in [0.25, 0.3) is 4.83 Å². The Kier molecular flexibility index (Phi) is 4.23. The van der Waals surface area contributed by atoms with Crippen LogP contribution < -0.4 is 14.8 Å². The molecule has 2 aliphatic rings. The maximum Gasteiger partial charge on any atom is 0.285 e. The van der Waals surface area contributed by atoms with Crippen molar-refractivity contribution in [1.29, 1.82) is 0 Å². The average Bonchev–Trinajstić information content (AvgIpc) is 3.15. The van der Waals surface area contributed by atoms with Crippen LogP contribution in [0.2, 0.25) is 0 Å². The SMILES string of the molecule is C[C@H](NC=O)c1n(CC2=C(C(=O)[O-])N3C(=O)C[C@@H]3SC2)cc2scc[n+]12. The molecule has 1 saturated heterocycles. The molecule has 0 aliphatic carbocycles. The number of thioether (sulfide) groups is 1. The summed E-state index contributed by atoms with van der Waals surface area (Å²) in [6, 6.07) is -0.258. The molecular formula is C16H16N4O4S2. The molecule has 26 heavy (non-hydrogen) atoms. The average molecular weight is 392 g/mol. The summed E-state index contributed by atoms with van der Waals surface area (Å²) in [6.45, 7) is 2.18. The molecule has 0 spiro atoms. The van der Waals surface area contributed by atoms with Crippen molar-refractivity contribution in [2.45, 2.75) is 31.3 Å². The molecule has 2 atom stereocenters. The minimum Gasteiger partial charge on any atom is -0.543 e. The van der Waals surface area contributed by atoms with Gasteiger partial charge in [0.25, 0.3) is 5.82 Å². The molecule has 4 heterocycles. The fourth-order valence-electron chi connectivity index (χ4n) is 3.47. The van der Waals surface area contributed by atoms with E-state index in [1.165, 1.54) is 4.90 Å². The second-order valence-corrected chi connectivity index (χ2v) is 8.30. The lowest BCUT2D eigenvalue weighted by atomic mass is 10.1. The monoisotopic (exact) mass is 392 g/mol. The van der Waals surface area contributed by atoms with Crippen LogP contribution >= 0.6 is 23.1 Å². The Balaban J connectivity index is 1.76. The number of β-lactam (4-membered cyclic amide) rings is 1. The van der Waals surface area contributed by atoms with Crippen molar-refractivity contribution >= 4 is 46.2 Å². The Hall–Kier alpha value is -2.33. The van der Waals surface area contributed by atoms with Crippen LogP contribution in [0.1, 0.15) is 25.2 Å². The first-order valence-corrected chi connectivity index (χ1v) is 9.98. The largest absolute Gasteiger partial charge is 0.543 e. The number of amides is 2. The number of hydrogen-bond acceptors (Lipinski definition) is 6. The lowest BCUT2D eigenvalue weighted by Crippen LogP contribution is -2.56. The van der Waals surface area contributed by atoms with E-state index in [2.05, 4.69) is 5.32 Å². The lowest BCUT2D eigenvalue weighted by molar-refractivity contribution is -0.520. The van der Waals surface area contributed by atoms with Gasteiger partial charge in [-0.05, 0) is 6.92 Å². The zero-order valence-electron chi connectivity index (χ0n) is 13.9. The van der Waals surface area contributed by atoms with E-state index in [1.54, 1.807) is 23.1 Å². The predicted octanol–water partition coefficient (Wildman–Crippen LogP) is -0.595. The Morgan fingerprint density at radius 2 is 2.38 bits per heavy atom. The summed E-state index contributed by atoms with van der Waals surface area (Å²) >= 11 is 3.12. The molecule has 0 unspecified atom stereocenters. The van der Waals surface area contributed by atoms with E-state index in [-0.39, 0.29) is 23.0 Å². The first-order chi connectivity index (χ1) is 12.5. The fraction of sp³-hybridized carbons (Fsp3) is 0.375. The number of carboxylic acids is 1. The van der Waals surface area contributed by atoms with Gasteiger partial charge in [0.15, 0.2) is 0 Å². The van der Waals surface area contributed by atoms with E-state index in [4.69, 9.17) is 0 Å². The van der Waals surface area contributed by atoms with Gasteiger partial charge in [-0.25, -0.2) is 4.57 Å². The van der Waals surface area contributed by atoms with Gasteiger partial charge in [-0.2, -0.15) is 4.40 Å². The first kappa shape index (κ1) is 17.1. The molecule has 4 rings (SSSR count). The van der Waals surface area contributed by atoms with Gasteiger partial charge in [0.1, 0.15) is 25.0 Å². The quantitative estimate of drug-likeness (QED) is 0.402.